The molecule has 0 spiro atoms. The molecule has 0 N–H and O–H groups in total. The van der Waals surface area contributed by atoms with E-state index >= 15 is 0 Å². The van der Waals surface area contributed by atoms with Gasteiger partial charge in [0.2, 0.25) is 10.0 Å². The van der Waals surface area contributed by atoms with Crippen molar-refractivity contribution >= 4 is 45.1 Å². The largest absolute Gasteiger partial charge is 0.459 e. The van der Waals surface area contributed by atoms with Gasteiger partial charge in [-0.15, -0.1) is 0 Å². The van der Waals surface area contributed by atoms with Crippen LogP contribution in [0.4, 0.5) is 18.9 Å². The summed E-state index contributed by atoms with van der Waals surface area (Å²) in [6.45, 7) is -0.00617. The van der Waals surface area contributed by atoms with Crippen molar-refractivity contribution in [1.29, 1.82) is 0 Å². The van der Waals surface area contributed by atoms with Crippen LogP contribution in [0, 0.1) is 0 Å². The molecule has 4 rings (SSSR count). The van der Waals surface area contributed by atoms with E-state index in [4.69, 9.17) is 27.6 Å². The number of hydrogen-bond acceptors (Lipinski definition) is 4. The third-order valence-corrected chi connectivity index (χ3v) is 7.65. The Kier molecular flexibility index (Phi) is 8.08. The summed E-state index contributed by atoms with van der Waals surface area (Å²) in [5.41, 5.74) is -0.185. The standard InChI is InChI=1S/C26H19Cl2F3N2O3S/c27-19-6-11-23(12-7-19)37(34,35)33(16-18-4-2-1-3-5-18)17-22-10-9-21(36-22)15-32-20-8-13-25(28)24(14-20)26(29,30)31/h1-15H,16-17H2. The predicted molar refractivity (Wildman–Crippen MR) is 137 cm³/mol. The molecule has 0 aliphatic rings. The summed E-state index contributed by atoms with van der Waals surface area (Å²) < 4.78 is 73.1. The number of sulfonamides is 1. The Hall–Kier alpha value is -3.11. The molecule has 37 heavy (non-hydrogen) atoms. The van der Waals surface area contributed by atoms with Crippen molar-refractivity contribution in [2.75, 3.05) is 0 Å². The van der Waals surface area contributed by atoms with Crippen LogP contribution >= 0.6 is 23.2 Å². The van der Waals surface area contributed by atoms with Gasteiger partial charge in [-0.1, -0.05) is 53.5 Å². The number of nitrogens with zero attached hydrogens (tertiary/aromatic N) is 2. The maximum absolute atomic E-state index is 13.4. The number of halogens is 5. The fraction of sp³-hybridized carbons (Fsp3) is 0.115. The second-order valence-corrected chi connectivity index (χ2v) is 10.7. The molecule has 0 amide bonds. The Morgan fingerprint density at radius 3 is 2.27 bits per heavy atom. The van der Waals surface area contributed by atoms with E-state index in [0.717, 1.165) is 17.7 Å². The molecule has 0 aliphatic carbocycles. The summed E-state index contributed by atoms with van der Waals surface area (Å²) in [6.07, 6.45) is -3.36. The van der Waals surface area contributed by atoms with Crippen molar-refractivity contribution in [3.05, 3.63) is 118 Å². The van der Waals surface area contributed by atoms with Gasteiger partial charge >= 0.3 is 6.18 Å². The molecule has 11 heteroatoms. The molecular formula is C26H19Cl2F3N2O3S. The minimum absolute atomic E-state index is 0.0331. The molecule has 5 nitrogen and oxygen atoms in total. The van der Waals surface area contributed by atoms with Crippen LogP contribution in [0.3, 0.4) is 0 Å². The number of aliphatic imine (C=N–C) groups is 1. The quantitative estimate of drug-likeness (QED) is 0.205. The minimum Gasteiger partial charge on any atom is -0.459 e. The van der Waals surface area contributed by atoms with Gasteiger partial charge in [0, 0.05) is 11.6 Å². The summed E-state index contributed by atoms with van der Waals surface area (Å²) in [6, 6.07) is 21.4. The molecule has 1 aromatic heterocycles. The third kappa shape index (κ3) is 6.81. The van der Waals surface area contributed by atoms with Crippen LogP contribution in [0.25, 0.3) is 0 Å². The summed E-state index contributed by atoms with van der Waals surface area (Å²) in [5.74, 6) is 0.559. The van der Waals surface area contributed by atoms with E-state index < -0.39 is 26.8 Å². The fourth-order valence-electron chi connectivity index (χ4n) is 3.44. The van der Waals surface area contributed by atoms with Gasteiger partial charge in [0.1, 0.15) is 11.5 Å². The lowest BCUT2D eigenvalue weighted by molar-refractivity contribution is -0.137. The van der Waals surface area contributed by atoms with Crippen molar-refractivity contribution in [3.63, 3.8) is 0 Å². The molecule has 192 valence electrons. The first-order valence-corrected chi connectivity index (χ1v) is 13.0. The van der Waals surface area contributed by atoms with Gasteiger partial charge in [-0.05, 0) is 60.2 Å². The average Bonchev–Trinajstić information content (AvgIpc) is 3.31. The molecule has 0 saturated heterocycles. The van der Waals surface area contributed by atoms with E-state index in [0.29, 0.717) is 10.8 Å². The van der Waals surface area contributed by atoms with Crippen molar-refractivity contribution in [2.45, 2.75) is 24.2 Å². The van der Waals surface area contributed by atoms with E-state index in [9.17, 15) is 21.6 Å². The van der Waals surface area contributed by atoms with E-state index in [2.05, 4.69) is 4.99 Å². The van der Waals surface area contributed by atoms with Crippen LogP contribution in [-0.2, 0) is 29.3 Å². The zero-order valence-corrected chi connectivity index (χ0v) is 21.3. The van der Waals surface area contributed by atoms with Crippen LogP contribution in [0.1, 0.15) is 22.6 Å². The summed E-state index contributed by atoms with van der Waals surface area (Å²) in [7, 11) is -3.92. The van der Waals surface area contributed by atoms with Crippen LogP contribution in [0.5, 0.6) is 0 Å². The molecule has 0 atom stereocenters. The van der Waals surface area contributed by atoms with Gasteiger partial charge in [-0.2, -0.15) is 17.5 Å². The molecule has 1 heterocycles. The Balaban J connectivity index is 1.58. The zero-order chi connectivity index (χ0) is 26.6. The van der Waals surface area contributed by atoms with Gasteiger partial charge in [-0.25, -0.2) is 8.42 Å². The Morgan fingerprint density at radius 2 is 1.59 bits per heavy atom. The highest BCUT2D eigenvalue weighted by molar-refractivity contribution is 7.89. The second-order valence-electron chi connectivity index (χ2n) is 7.94. The Bertz CT molecular complexity index is 1500. The molecule has 4 aromatic rings. The summed E-state index contributed by atoms with van der Waals surface area (Å²) >= 11 is 11.6. The van der Waals surface area contributed by atoms with Gasteiger partial charge in [0.15, 0.2) is 0 Å². The van der Waals surface area contributed by atoms with Gasteiger partial charge < -0.3 is 4.42 Å². The number of rotatable bonds is 8. The lowest BCUT2D eigenvalue weighted by atomic mass is 10.2. The molecule has 0 saturated carbocycles. The Morgan fingerprint density at radius 1 is 0.892 bits per heavy atom. The van der Waals surface area contributed by atoms with Gasteiger partial charge in [-0.3, -0.25) is 4.99 Å². The van der Waals surface area contributed by atoms with E-state index in [1.54, 1.807) is 12.1 Å². The summed E-state index contributed by atoms with van der Waals surface area (Å²) in [4.78, 5) is 4.11. The van der Waals surface area contributed by atoms with Crippen LogP contribution in [0.15, 0.2) is 99.2 Å². The zero-order valence-electron chi connectivity index (χ0n) is 19.0. The Labute approximate surface area is 221 Å². The number of benzene rings is 3. The molecule has 0 fully saturated rings. The topological polar surface area (TPSA) is 62.9 Å². The highest BCUT2D eigenvalue weighted by Gasteiger charge is 2.33. The van der Waals surface area contributed by atoms with Crippen LogP contribution in [0.2, 0.25) is 10.0 Å². The fourth-order valence-corrected chi connectivity index (χ4v) is 5.19. The first-order valence-electron chi connectivity index (χ1n) is 10.8. The van der Waals surface area contributed by atoms with Crippen molar-refractivity contribution in [3.8, 4) is 0 Å². The van der Waals surface area contributed by atoms with E-state index in [1.165, 1.54) is 40.9 Å². The molecule has 0 aliphatic heterocycles. The molecule has 0 unspecified atom stereocenters. The summed E-state index contributed by atoms with van der Waals surface area (Å²) in [5, 5.41) is -0.0151. The highest BCUT2D eigenvalue weighted by Crippen LogP contribution is 2.36. The second kappa shape index (κ2) is 11.1. The van der Waals surface area contributed by atoms with E-state index in [1.807, 2.05) is 30.3 Å². The maximum atomic E-state index is 13.4. The van der Waals surface area contributed by atoms with E-state index in [-0.39, 0.29) is 29.4 Å². The molecule has 3 aromatic carbocycles. The average molecular weight is 567 g/mol. The number of alkyl halides is 3. The SMILES string of the molecule is O=S(=O)(c1ccc(Cl)cc1)N(Cc1ccccc1)Cc1ccc(C=Nc2ccc(Cl)c(C(F)(F)F)c2)o1. The van der Waals surface area contributed by atoms with Crippen molar-refractivity contribution in [2.24, 2.45) is 4.99 Å². The molecule has 0 bridgehead atoms. The first-order chi connectivity index (χ1) is 17.5. The lowest BCUT2D eigenvalue weighted by Gasteiger charge is -2.21. The monoisotopic (exact) mass is 566 g/mol. The first kappa shape index (κ1) is 26.9. The third-order valence-electron chi connectivity index (χ3n) is 5.26. The van der Waals surface area contributed by atoms with Gasteiger partial charge in [0.05, 0.1) is 33.9 Å². The molecule has 0 radical (unpaired) electrons. The normalized spacial score (nSPS) is 12.5. The number of furan rings is 1. The van der Waals surface area contributed by atoms with Crippen LogP contribution in [-0.4, -0.2) is 18.9 Å². The van der Waals surface area contributed by atoms with Crippen molar-refractivity contribution in [1.82, 2.24) is 4.31 Å². The smallest absolute Gasteiger partial charge is 0.417 e. The molecular weight excluding hydrogens is 548 g/mol. The van der Waals surface area contributed by atoms with Gasteiger partial charge in [0.25, 0.3) is 0 Å². The maximum Gasteiger partial charge on any atom is 0.417 e. The highest BCUT2D eigenvalue weighted by atomic mass is 35.5. The lowest BCUT2D eigenvalue weighted by Crippen LogP contribution is -2.30. The van der Waals surface area contributed by atoms with Crippen LogP contribution < -0.4 is 0 Å². The number of hydrogen-bond donors (Lipinski definition) is 0. The predicted octanol–water partition coefficient (Wildman–Crippen LogP) is 7.75. The minimum atomic E-state index is -4.61. The van der Waals surface area contributed by atoms with Crippen molar-refractivity contribution < 1.29 is 26.0 Å².